The summed E-state index contributed by atoms with van der Waals surface area (Å²) in [5.74, 6) is -11.2. The molecule has 0 bridgehead atoms. The quantitative estimate of drug-likeness (QED) is 0.106. The number of nitrogens with zero attached hydrogens (tertiary/aromatic N) is 3. The van der Waals surface area contributed by atoms with Gasteiger partial charge in [0.25, 0.3) is 0 Å². The molecule has 8 rings (SSSR count). The van der Waals surface area contributed by atoms with E-state index in [1.807, 2.05) is 42.5 Å². The second-order valence-corrected chi connectivity index (χ2v) is 11.5. The summed E-state index contributed by atoms with van der Waals surface area (Å²) in [4.78, 5) is 12.9. The molecule has 0 atom stereocenters. The van der Waals surface area contributed by atoms with Crippen LogP contribution < -0.4 is 0 Å². The summed E-state index contributed by atoms with van der Waals surface area (Å²) in [7, 11) is 0. The third-order valence-electron chi connectivity index (χ3n) is 8.50. The molecule has 0 aliphatic carbocycles. The predicted octanol–water partition coefficient (Wildman–Crippen LogP) is 11.2. The van der Waals surface area contributed by atoms with E-state index in [4.69, 9.17) is 0 Å². The fourth-order valence-electron chi connectivity index (χ4n) is 6.03. The topological polar surface area (TPSA) is 38.7 Å². The van der Waals surface area contributed by atoms with Crippen LogP contribution in [0.5, 0.6) is 0 Å². The molecule has 3 nitrogen and oxygen atoms in total. The molecule has 236 valence electrons. The molecule has 0 fully saturated rings. The van der Waals surface area contributed by atoms with E-state index >= 15 is 0 Å². The Morgan fingerprint density at radius 2 is 0.714 bits per heavy atom. The largest absolute Gasteiger partial charge is 0.208 e. The monoisotopic (exact) mass is 651 g/mol. The van der Waals surface area contributed by atoms with Gasteiger partial charge in [0.05, 0.1) is 5.56 Å². The van der Waals surface area contributed by atoms with Crippen LogP contribution in [0.15, 0.2) is 133 Å². The minimum absolute atomic E-state index is 0.000390. The van der Waals surface area contributed by atoms with Crippen molar-refractivity contribution in [3.63, 3.8) is 0 Å². The van der Waals surface area contributed by atoms with Crippen LogP contribution in [0.1, 0.15) is 0 Å². The molecular formula is C41H22F5N3. The van der Waals surface area contributed by atoms with Crippen molar-refractivity contribution in [2.24, 2.45) is 0 Å². The number of benzene rings is 7. The molecular weight excluding hydrogens is 629 g/mol. The van der Waals surface area contributed by atoms with Gasteiger partial charge in [0.15, 0.2) is 40.7 Å². The minimum atomic E-state index is -2.26. The molecule has 0 unspecified atom stereocenters. The maximum absolute atomic E-state index is 14.9. The molecule has 49 heavy (non-hydrogen) atoms. The summed E-state index contributed by atoms with van der Waals surface area (Å²) < 4.78 is 72.2. The maximum Gasteiger partial charge on any atom is 0.200 e. The Kier molecular flexibility index (Phi) is 7.41. The fraction of sp³-hybridized carbons (Fsp3) is 0. The maximum atomic E-state index is 14.9. The van der Waals surface area contributed by atoms with E-state index < -0.39 is 40.5 Å². The molecule has 8 aromatic rings. The molecule has 0 aliphatic rings. The highest BCUT2D eigenvalue weighted by Gasteiger charge is 2.29. The molecule has 0 saturated heterocycles. The van der Waals surface area contributed by atoms with Gasteiger partial charge in [-0.1, -0.05) is 115 Å². The van der Waals surface area contributed by atoms with E-state index in [9.17, 15) is 22.0 Å². The van der Waals surface area contributed by atoms with Crippen LogP contribution in [-0.2, 0) is 0 Å². The zero-order valence-electron chi connectivity index (χ0n) is 25.4. The van der Waals surface area contributed by atoms with Gasteiger partial charge in [0, 0.05) is 11.1 Å². The minimum Gasteiger partial charge on any atom is -0.208 e. The highest BCUT2D eigenvalue weighted by Crippen LogP contribution is 2.36. The highest BCUT2D eigenvalue weighted by atomic mass is 19.2. The van der Waals surface area contributed by atoms with Crippen molar-refractivity contribution in [2.75, 3.05) is 0 Å². The summed E-state index contributed by atoms with van der Waals surface area (Å²) in [5, 5.41) is 4.05. The van der Waals surface area contributed by atoms with Crippen LogP contribution >= 0.6 is 0 Å². The lowest BCUT2D eigenvalue weighted by atomic mass is 9.92. The molecule has 0 spiro atoms. The van der Waals surface area contributed by atoms with E-state index in [2.05, 4.69) is 63.5 Å². The van der Waals surface area contributed by atoms with Gasteiger partial charge in [-0.05, 0) is 62.0 Å². The second kappa shape index (κ2) is 12.1. The van der Waals surface area contributed by atoms with Crippen molar-refractivity contribution >= 4 is 21.5 Å². The first kappa shape index (κ1) is 30.1. The van der Waals surface area contributed by atoms with E-state index in [1.54, 1.807) is 42.5 Å². The highest BCUT2D eigenvalue weighted by molar-refractivity contribution is 5.95. The van der Waals surface area contributed by atoms with E-state index in [0.717, 1.165) is 38.4 Å². The van der Waals surface area contributed by atoms with Crippen LogP contribution in [0.2, 0.25) is 0 Å². The fourth-order valence-corrected chi connectivity index (χ4v) is 6.03. The van der Waals surface area contributed by atoms with E-state index in [1.165, 1.54) is 5.39 Å². The van der Waals surface area contributed by atoms with Gasteiger partial charge in [0.1, 0.15) is 0 Å². The summed E-state index contributed by atoms with van der Waals surface area (Å²) >= 11 is 0. The van der Waals surface area contributed by atoms with Crippen molar-refractivity contribution in [1.29, 1.82) is 0 Å². The smallest absolute Gasteiger partial charge is 0.200 e. The number of rotatable bonds is 5. The average Bonchev–Trinajstić information content (AvgIpc) is 3.16. The average molecular weight is 652 g/mol. The van der Waals surface area contributed by atoms with E-state index in [-0.39, 0.29) is 11.6 Å². The molecule has 0 saturated carbocycles. The lowest BCUT2D eigenvalue weighted by molar-refractivity contribution is 0.381. The van der Waals surface area contributed by atoms with Crippen molar-refractivity contribution in [1.82, 2.24) is 15.0 Å². The third kappa shape index (κ3) is 5.37. The first-order chi connectivity index (χ1) is 23.9. The zero-order chi connectivity index (χ0) is 33.6. The normalized spacial score (nSPS) is 11.4. The van der Waals surface area contributed by atoms with Crippen LogP contribution in [0.25, 0.3) is 78.0 Å². The first-order valence-electron chi connectivity index (χ1n) is 15.3. The molecule has 0 aliphatic heterocycles. The molecule has 1 heterocycles. The van der Waals surface area contributed by atoms with Gasteiger partial charge < -0.3 is 0 Å². The van der Waals surface area contributed by atoms with Crippen LogP contribution in [0.3, 0.4) is 0 Å². The standard InChI is InChI=1S/C41H22F5N3/c42-34-33(35(43)37(45)38(46)36(34)44)41-48-39(24-9-2-1-3-10-24)47-40(49-41)30-19-16-26-21-29(18-15-27(26)22-30)32-13-7-6-12-31(32)28-17-14-23-8-4-5-11-25(23)20-28/h1-22H. The Morgan fingerprint density at radius 1 is 0.306 bits per heavy atom. The summed E-state index contributed by atoms with van der Waals surface area (Å²) in [6.07, 6.45) is 0. The summed E-state index contributed by atoms with van der Waals surface area (Å²) in [6, 6.07) is 42.8. The lowest BCUT2D eigenvalue weighted by Crippen LogP contribution is -2.08. The molecule has 7 aromatic carbocycles. The Labute approximate surface area is 277 Å². The van der Waals surface area contributed by atoms with Crippen LogP contribution in [0, 0.1) is 29.1 Å². The summed E-state index contributed by atoms with van der Waals surface area (Å²) in [5.41, 5.74) is 3.94. The molecule has 8 heteroatoms. The third-order valence-corrected chi connectivity index (χ3v) is 8.50. The Hall–Kier alpha value is -6.28. The Bertz CT molecular complexity index is 2540. The number of hydrogen-bond donors (Lipinski definition) is 0. The number of fused-ring (bicyclic) bond motifs is 2. The van der Waals surface area contributed by atoms with Gasteiger partial charge in [-0.15, -0.1) is 0 Å². The van der Waals surface area contributed by atoms with Gasteiger partial charge in [0.2, 0.25) is 5.82 Å². The molecule has 0 N–H and O–H groups in total. The Balaban J connectivity index is 1.23. The number of halogens is 5. The number of hydrogen-bond acceptors (Lipinski definition) is 3. The lowest BCUT2D eigenvalue weighted by Gasteiger charge is -2.13. The summed E-state index contributed by atoms with van der Waals surface area (Å²) in [6.45, 7) is 0. The molecule has 0 radical (unpaired) electrons. The van der Waals surface area contributed by atoms with E-state index in [0.29, 0.717) is 11.1 Å². The van der Waals surface area contributed by atoms with Gasteiger partial charge in [-0.3, -0.25) is 0 Å². The van der Waals surface area contributed by atoms with Crippen molar-refractivity contribution < 1.29 is 22.0 Å². The SMILES string of the molecule is Fc1c(F)c(F)c(-c2nc(-c3ccccc3)nc(-c3ccc4cc(-c5ccccc5-c5ccc6ccccc6c5)ccc4c3)n2)c(F)c1F. The van der Waals surface area contributed by atoms with Crippen LogP contribution in [-0.4, -0.2) is 15.0 Å². The van der Waals surface area contributed by atoms with Crippen molar-refractivity contribution in [2.45, 2.75) is 0 Å². The molecule has 1 aromatic heterocycles. The van der Waals surface area contributed by atoms with Crippen LogP contribution in [0.4, 0.5) is 22.0 Å². The Morgan fingerprint density at radius 3 is 1.33 bits per heavy atom. The van der Waals surface area contributed by atoms with Crippen molar-refractivity contribution in [3.05, 3.63) is 163 Å². The van der Waals surface area contributed by atoms with Gasteiger partial charge in [-0.2, -0.15) is 0 Å². The van der Waals surface area contributed by atoms with Gasteiger partial charge in [-0.25, -0.2) is 36.9 Å². The zero-order valence-corrected chi connectivity index (χ0v) is 25.4. The van der Waals surface area contributed by atoms with Crippen molar-refractivity contribution in [3.8, 4) is 56.4 Å². The second-order valence-electron chi connectivity index (χ2n) is 11.5. The van der Waals surface area contributed by atoms with Gasteiger partial charge >= 0.3 is 0 Å². The number of aromatic nitrogens is 3. The molecule has 0 amide bonds. The predicted molar refractivity (Wildman–Crippen MR) is 182 cm³/mol. The first-order valence-corrected chi connectivity index (χ1v) is 15.3.